The molecule has 2 atom stereocenters. The van der Waals surface area contributed by atoms with Gasteiger partial charge in [0.05, 0.1) is 6.54 Å². The number of nitrogens with one attached hydrogen (secondary N) is 1. The van der Waals surface area contributed by atoms with Crippen molar-refractivity contribution in [2.24, 2.45) is 5.92 Å². The highest BCUT2D eigenvalue weighted by Crippen LogP contribution is 2.47. The molecule has 1 saturated carbocycles. The van der Waals surface area contributed by atoms with E-state index in [0.29, 0.717) is 18.0 Å². The summed E-state index contributed by atoms with van der Waals surface area (Å²) in [5, 5.41) is 3.22. The summed E-state index contributed by atoms with van der Waals surface area (Å²) in [5.41, 5.74) is 1.46. The highest BCUT2D eigenvalue weighted by Gasteiger charge is 2.36. The average molecular weight is 259 g/mol. The van der Waals surface area contributed by atoms with Crippen molar-refractivity contribution in [2.75, 3.05) is 5.32 Å². The first-order valence-electron chi connectivity index (χ1n) is 6.72. The largest absolute Gasteiger partial charge is 0.464 e. The lowest BCUT2D eigenvalue weighted by Crippen LogP contribution is -2.01. The Morgan fingerprint density at radius 2 is 2.11 bits per heavy atom. The number of hydrogen-bond donors (Lipinski definition) is 1. The fourth-order valence-corrected chi connectivity index (χ4v) is 2.39. The summed E-state index contributed by atoms with van der Waals surface area (Å²) >= 11 is 0. The highest BCUT2D eigenvalue weighted by molar-refractivity contribution is 5.51. The molecule has 1 fully saturated rings. The molecule has 0 radical (unpaired) electrons. The molecule has 1 aromatic carbocycles. The van der Waals surface area contributed by atoms with Crippen LogP contribution in [0, 0.1) is 18.7 Å². The summed E-state index contributed by atoms with van der Waals surface area (Å²) in [4.78, 5) is 0. The Balaban J connectivity index is 1.66. The van der Waals surface area contributed by atoms with Gasteiger partial charge in [-0.1, -0.05) is 13.0 Å². The molecule has 0 aliphatic heterocycles. The zero-order valence-electron chi connectivity index (χ0n) is 11.2. The molecule has 2 nitrogen and oxygen atoms in total. The van der Waals surface area contributed by atoms with Gasteiger partial charge in [0, 0.05) is 17.2 Å². The molecule has 3 heteroatoms. The Morgan fingerprint density at radius 1 is 1.32 bits per heavy atom. The second-order valence-corrected chi connectivity index (χ2v) is 5.39. The molecule has 1 aliphatic rings. The fraction of sp³-hybridized carbons (Fsp3) is 0.375. The third kappa shape index (κ3) is 2.50. The number of furan rings is 1. The summed E-state index contributed by atoms with van der Waals surface area (Å²) in [7, 11) is 0. The Kier molecular flexibility index (Phi) is 3.05. The minimum absolute atomic E-state index is 0.183. The molecule has 2 unspecified atom stereocenters. The SMILES string of the molecule is Cc1c(F)cccc1NCc1ccc(C2CC2C)o1. The van der Waals surface area contributed by atoms with E-state index in [0.717, 1.165) is 23.1 Å². The van der Waals surface area contributed by atoms with Crippen molar-refractivity contribution in [3.63, 3.8) is 0 Å². The van der Waals surface area contributed by atoms with Crippen LogP contribution in [0.4, 0.5) is 10.1 Å². The maximum Gasteiger partial charge on any atom is 0.128 e. The van der Waals surface area contributed by atoms with Crippen molar-refractivity contribution in [3.05, 3.63) is 53.2 Å². The molecule has 1 aliphatic carbocycles. The maximum absolute atomic E-state index is 13.4. The van der Waals surface area contributed by atoms with Crippen LogP contribution in [-0.2, 0) is 6.54 Å². The molecule has 19 heavy (non-hydrogen) atoms. The van der Waals surface area contributed by atoms with Gasteiger partial charge in [-0.25, -0.2) is 4.39 Å². The van der Waals surface area contributed by atoms with Crippen LogP contribution < -0.4 is 5.32 Å². The van der Waals surface area contributed by atoms with E-state index >= 15 is 0 Å². The number of benzene rings is 1. The second kappa shape index (κ2) is 4.72. The quantitative estimate of drug-likeness (QED) is 0.876. The van der Waals surface area contributed by atoms with E-state index in [1.54, 1.807) is 13.0 Å². The molecule has 0 spiro atoms. The number of anilines is 1. The van der Waals surface area contributed by atoms with Crippen molar-refractivity contribution >= 4 is 5.69 Å². The Bertz CT molecular complexity index is 590. The molecule has 1 aromatic heterocycles. The van der Waals surface area contributed by atoms with Gasteiger partial charge < -0.3 is 9.73 Å². The predicted octanol–water partition coefficient (Wildman–Crippen LogP) is 4.46. The van der Waals surface area contributed by atoms with Crippen molar-refractivity contribution in [3.8, 4) is 0 Å². The van der Waals surface area contributed by atoms with E-state index in [-0.39, 0.29) is 5.82 Å². The van der Waals surface area contributed by atoms with Gasteiger partial charge in [0.25, 0.3) is 0 Å². The Hall–Kier alpha value is -1.77. The third-order valence-corrected chi connectivity index (χ3v) is 3.88. The normalized spacial score (nSPS) is 21.4. The lowest BCUT2D eigenvalue weighted by atomic mass is 10.2. The first-order valence-corrected chi connectivity index (χ1v) is 6.72. The summed E-state index contributed by atoms with van der Waals surface area (Å²) in [5.74, 6) is 3.15. The third-order valence-electron chi connectivity index (χ3n) is 3.88. The zero-order valence-corrected chi connectivity index (χ0v) is 11.2. The molecule has 1 heterocycles. The van der Waals surface area contributed by atoms with Gasteiger partial charge in [0.15, 0.2) is 0 Å². The minimum atomic E-state index is -0.183. The summed E-state index contributed by atoms with van der Waals surface area (Å²) in [6.07, 6.45) is 1.23. The fourth-order valence-electron chi connectivity index (χ4n) is 2.39. The monoisotopic (exact) mass is 259 g/mol. The van der Waals surface area contributed by atoms with E-state index in [1.807, 2.05) is 12.1 Å². The maximum atomic E-state index is 13.4. The first kappa shape index (κ1) is 12.3. The van der Waals surface area contributed by atoms with Crippen molar-refractivity contribution in [1.29, 1.82) is 0 Å². The van der Waals surface area contributed by atoms with Gasteiger partial charge in [-0.15, -0.1) is 0 Å². The average Bonchev–Trinajstić information content (AvgIpc) is 2.94. The summed E-state index contributed by atoms with van der Waals surface area (Å²) in [6, 6.07) is 9.13. The van der Waals surface area contributed by atoms with Crippen LogP contribution in [0.5, 0.6) is 0 Å². The van der Waals surface area contributed by atoms with E-state index in [4.69, 9.17) is 4.42 Å². The number of rotatable bonds is 4. The molecule has 0 saturated heterocycles. The van der Waals surface area contributed by atoms with Crippen molar-refractivity contribution in [2.45, 2.75) is 32.7 Å². The van der Waals surface area contributed by atoms with Crippen molar-refractivity contribution < 1.29 is 8.81 Å². The smallest absolute Gasteiger partial charge is 0.128 e. The van der Waals surface area contributed by atoms with Crippen LogP contribution in [0.2, 0.25) is 0 Å². The molecular weight excluding hydrogens is 241 g/mol. The molecular formula is C16H18FNO. The van der Waals surface area contributed by atoms with Crippen molar-refractivity contribution in [1.82, 2.24) is 0 Å². The first-order chi connectivity index (χ1) is 9.15. The number of hydrogen-bond acceptors (Lipinski definition) is 2. The van der Waals surface area contributed by atoms with E-state index in [1.165, 1.54) is 12.5 Å². The van der Waals surface area contributed by atoms with Gasteiger partial charge >= 0.3 is 0 Å². The van der Waals surface area contributed by atoms with Crippen LogP contribution in [0.15, 0.2) is 34.7 Å². The van der Waals surface area contributed by atoms with Gasteiger partial charge in [-0.3, -0.25) is 0 Å². The van der Waals surface area contributed by atoms with Crippen LogP contribution in [0.3, 0.4) is 0 Å². The Labute approximate surface area is 112 Å². The van der Waals surface area contributed by atoms with E-state index < -0.39 is 0 Å². The topological polar surface area (TPSA) is 25.2 Å². The second-order valence-electron chi connectivity index (χ2n) is 5.39. The molecule has 0 amide bonds. The highest BCUT2D eigenvalue weighted by atomic mass is 19.1. The molecule has 3 rings (SSSR count). The lowest BCUT2D eigenvalue weighted by molar-refractivity contribution is 0.468. The Morgan fingerprint density at radius 3 is 2.84 bits per heavy atom. The lowest BCUT2D eigenvalue weighted by Gasteiger charge is -2.08. The van der Waals surface area contributed by atoms with Gasteiger partial charge in [-0.05, 0) is 43.5 Å². The van der Waals surface area contributed by atoms with Crippen LogP contribution >= 0.6 is 0 Å². The van der Waals surface area contributed by atoms with E-state index in [2.05, 4.69) is 18.3 Å². The number of halogens is 1. The standard InChI is InChI=1S/C16H18FNO/c1-10-8-13(10)16-7-6-12(19-16)9-18-15-5-3-4-14(17)11(15)2/h3-7,10,13,18H,8-9H2,1-2H3. The molecule has 0 bridgehead atoms. The minimum Gasteiger partial charge on any atom is -0.464 e. The molecule has 100 valence electrons. The predicted molar refractivity (Wildman–Crippen MR) is 73.7 cm³/mol. The van der Waals surface area contributed by atoms with Gasteiger partial charge in [0.1, 0.15) is 17.3 Å². The van der Waals surface area contributed by atoms with Crippen LogP contribution in [0.1, 0.15) is 36.3 Å². The van der Waals surface area contributed by atoms with Crippen LogP contribution in [0.25, 0.3) is 0 Å². The van der Waals surface area contributed by atoms with Gasteiger partial charge in [-0.2, -0.15) is 0 Å². The van der Waals surface area contributed by atoms with Crippen LogP contribution in [-0.4, -0.2) is 0 Å². The zero-order chi connectivity index (χ0) is 13.4. The molecule has 1 N–H and O–H groups in total. The summed E-state index contributed by atoms with van der Waals surface area (Å²) < 4.78 is 19.2. The van der Waals surface area contributed by atoms with E-state index in [9.17, 15) is 4.39 Å². The van der Waals surface area contributed by atoms with Gasteiger partial charge in [0.2, 0.25) is 0 Å². The molecule has 2 aromatic rings. The summed E-state index contributed by atoms with van der Waals surface area (Å²) in [6.45, 7) is 4.60.